The molecule has 1 aliphatic rings. The number of hydrogen-bond acceptors (Lipinski definition) is 6. The fourth-order valence-electron chi connectivity index (χ4n) is 4.26. The number of carbonyl (C=O) groups excluding carboxylic acids is 1. The van der Waals surface area contributed by atoms with E-state index in [1.807, 2.05) is 32.1 Å². The number of oxazole rings is 1. The molecule has 1 aromatic heterocycles. The molecule has 1 unspecified atom stereocenters. The third-order valence-electron chi connectivity index (χ3n) is 6.16. The normalized spacial score (nSPS) is 15.4. The molecule has 0 saturated heterocycles. The fraction of sp³-hybridized carbons (Fsp3) is 0.414. The summed E-state index contributed by atoms with van der Waals surface area (Å²) in [6.07, 6.45) is 13.7. The molecule has 9 heteroatoms. The molecule has 0 bridgehead atoms. The van der Waals surface area contributed by atoms with E-state index in [0.717, 1.165) is 36.4 Å². The molecule has 0 fully saturated rings. The van der Waals surface area contributed by atoms with Gasteiger partial charge in [-0.3, -0.25) is 4.79 Å². The summed E-state index contributed by atoms with van der Waals surface area (Å²) in [4.78, 5) is 32.9. The van der Waals surface area contributed by atoms with E-state index in [0.29, 0.717) is 43.2 Å². The number of hydrogen-bond donors (Lipinski definition) is 1. The topological polar surface area (TPSA) is 96.1 Å². The molecule has 2 heterocycles. The maximum atomic E-state index is 12.7. The molecule has 3 rings (SSSR count). The molecule has 2 aromatic rings. The summed E-state index contributed by atoms with van der Waals surface area (Å²) in [5.74, 6) is 0.514. The minimum atomic E-state index is -1.06. The number of fused-ring (bicyclic) bond motifs is 1. The van der Waals surface area contributed by atoms with Crippen molar-refractivity contribution in [1.82, 2.24) is 14.8 Å². The molecule has 1 amide bonds. The van der Waals surface area contributed by atoms with Crippen molar-refractivity contribution in [2.45, 2.75) is 45.6 Å². The number of carbonyl (C=O) groups is 2. The second-order valence-corrected chi connectivity index (χ2v) is 9.27. The predicted octanol–water partition coefficient (Wildman–Crippen LogP) is 3.95. The standard InChI is InChI=1S/C29H37N3O5.Na.H/c1-5-6-8-12-27(33)32-18-15-22-13-14-23(20-24(22)28(32)29(34)35)36-19-16-25-21(2)37-26(30-25)11-9-7-10-17-31(3)4;;/h5-6,8-9,11-14,20,28H,7,10,15-19H2,1-4H3,(H,34,35);;. The van der Waals surface area contributed by atoms with Gasteiger partial charge in [0.1, 0.15) is 11.5 Å². The third-order valence-corrected chi connectivity index (χ3v) is 6.16. The van der Waals surface area contributed by atoms with Gasteiger partial charge in [-0.15, -0.1) is 0 Å². The van der Waals surface area contributed by atoms with Gasteiger partial charge in [0.25, 0.3) is 0 Å². The van der Waals surface area contributed by atoms with Crippen molar-refractivity contribution < 1.29 is 23.8 Å². The molecule has 0 spiro atoms. The first-order valence-electron chi connectivity index (χ1n) is 12.7. The maximum absolute atomic E-state index is 12.7. The van der Waals surface area contributed by atoms with Gasteiger partial charge in [0, 0.05) is 19.0 Å². The SMILES string of the molecule is CC=CC=CC(=O)N1CCc2ccc(OCCc3nc(C=CCCCN(C)C)oc3C)cc2C1C(=O)O.[NaH]. The van der Waals surface area contributed by atoms with Crippen molar-refractivity contribution in [3.05, 3.63) is 77.1 Å². The van der Waals surface area contributed by atoms with Crippen LogP contribution in [0.25, 0.3) is 6.08 Å². The predicted molar refractivity (Wildman–Crippen MR) is 151 cm³/mol. The van der Waals surface area contributed by atoms with Gasteiger partial charge in [0.15, 0.2) is 6.04 Å². The molecule has 0 saturated carbocycles. The number of aryl methyl sites for hydroxylation is 1. The van der Waals surface area contributed by atoms with Gasteiger partial charge in [-0.25, -0.2) is 9.78 Å². The van der Waals surface area contributed by atoms with E-state index in [1.54, 1.807) is 24.3 Å². The van der Waals surface area contributed by atoms with Gasteiger partial charge in [-0.05, 0) is 83.1 Å². The van der Waals surface area contributed by atoms with Crippen LogP contribution in [0.4, 0.5) is 0 Å². The second-order valence-electron chi connectivity index (χ2n) is 9.27. The summed E-state index contributed by atoms with van der Waals surface area (Å²) in [6.45, 7) is 5.49. The Labute approximate surface area is 247 Å². The molecule has 0 aliphatic carbocycles. The molecule has 1 aliphatic heterocycles. The van der Waals surface area contributed by atoms with Crippen LogP contribution in [0.1, 0.15) is 54.3 Å². The summed E-state index contributed by atoms with van der Waals surface area (Å²) in [6, 6.07) is 4.41. The number of aromatic nitrogens is 1. The van der Waals surface area contributed by atoms with Gasteiger partial charge in [0.2, 0.25) is 11.8 Å². The number of carboxylic acids is 1. The van der Waals surface area contributed by atoms with Crippen LogP contribution < -0.4 is 4.74 Å². The monoisotopic (exact) mass is 531 g/mol. The summed E-state index contributed by atoms with van der Waals surface area (Å²) < 4.78 is 11.7. The Morgan fingerprint density at radius 2 is 2.08 bits per heavy atom. The van der Waals surface area contributed by atoms with Crippen LogP contribution in [0.5, 0.6) is 5.75 Å². The van der Waals surface area contributed by atoms with E-state index in [9.17, 15) is 14.7 Å². The Hall–Kier alpha value is -2.65. The number of unbranched alkanes of at least 4 members (excludes halogenated alkanes) is 1. The number of ether oxygens (including phenoxy) is 1. The van der Waals surface area contributed by atoms with Gasteiger partial charge >= 0.3 is 35.5 Å². The van der Waals surface area contributed by atoms with Crippen molar-refractivity contribution in [3.63, 3.8) is 0 Å². The van der Waals surface area contributed by atoms with Gasteiger partial charge < -0.3 is 24.1 Å². The van der Waals surface area contributed by atoms with E-state index in [1.165, 1.54) is 11.0 Å². The summed E-state index contributed by atoms with van der Waals surface area (Å²) >= 11 is 0. The summed E-state index contributed by atoms with van der Waals surface area (Å²) in [5.41, 5.74) is 2.33. The average Bonchev–Trinajstić information content (AvgIpc) is 3.21. The number of nitrogens with zero attached hydrogens (tertiary/aromatic N) is 3. The quantitative estimate of drug-likeness (QED) is 0.192. The van der Waals surface area contributed by atoms with E-state index < -0.39 is 12.0 Å². The Morgan fingerprint density at radius 3 is 2.79 bits per heavy atom. The average molecular weight is 532 g/mol. The molecule has 38 heavy (non-hydrogen) atoms. The van der Waals surface area contributed by atoms with Crippen molar-refractivity contribution in [1.29, 1.82) is 0 Å². The van der Waals surface area contributed by atoms with Gasteiger partial charge in [-0.1, -0.05) is 30.4 Å². The molecular formula is C29H38N3NaO5. The fourth-order valence-corrected chi connectivity index (χ4v) is 4.26. The number of benzene rings is 1. The zero-order chi connectivity index (χ0) is 26.8. The Kier molecular flexibility index (Phi) is 13.0. The zero-order valence-corrected chi connectivity index (χ0v) is 22.1. The van der Waals surface area contributed by atoms with Crippen molar-refractivity contribution in [3.8, 4) is 5.75 Å². The van der Waals surface area contributed by atoms with E-state index in [-0.39, 0.29) is 35.5 Å². The first-order valence-corrected chi connectivity index (χ1v) is 12.7. The minimum absolute atomic E-state index is 0. The Bertz CT molecular complexity index is 1170. The van der Waals surface area contributed by atoms with E-state index >= 15 is 0 Å². The number of allylic oxidation sites excluding steroid dienone is 4. The van der Waals surface area contributed by atoms with Crippen LogP contribution in [0.15, 0.2) is 53.0 Å². The number of aliphatic carboxylic acids is 1. The summed E-state index contributed by atoms with van der Waals surface area (Å²) in [7, 11) is 4.12. The third kappa shape index (κ3) is 8.98. The second kappa shape index (κ2) is 15.7. The van der Waals surface area contributed by atoms with Gasteiger partial charge in [-0.2, -0.15) is 0 Å². The van der Waals surface area contributed by atoms with E-state index in [2.05, 4.69) is 30.1 Å². The van der Waals surface area contributed by atoms with Crippen LogP contribution in [-0.4, -0.2) is 95.1 Å². The molecular weight excluding hydrogens is 493 g/mol. The number of carboxylic acid groups (broad SMARTS) is 1. The van der Waals surface area contributed by atoms with E-state index in [4.69, 9.17) is 9.15 Å². The molecule has 8 nitrogen and oxygen atoms in total. The van der Waals surface area contributed by atoms with Crippen LogP contribution >= 0.6 is 0 Å². The Morgan fingerprint density at radius 1 is 1.29 bits per heavy atom. The van der Waals surface area contributed by atoms with Crippen LogP contribution in [0, 0.1) is 6.92 Å². The van der Waals surface area contributed by atoms with Crippen molar-refractivity contribution >= 4 is 47.5 Å². The van der Waals surface area contributed by atoms with Crippen LogP contribution in [0.3, 0.4) is 0 Å². The van der Waals surface area contributed by atoms with Crippen LogP contribution in [0.2, 0.25) is 0 Å². The van der Waals surface area contributed by atoms with Crippen LogP contribution in [-0.2, 0) is 22.4 Å². The first-order chi connectivity index (χ1) is 17.8. The molecule has 1 atom stereocenters. The molecule has 200 valence electrons. The molecule has 0 radical (unpaired) electrons. The number of amides is 1. The number of rotatable bonds is 12. The van der Waals surface area contributed by atoms with Gasteiger partial charge in [0.05, 0.1) is 12.3 Å². The summed E-state index contributed by atoms with van der Waals surface area (Å²) in [5, 5.41) is 9.94. The van der Waals surface area contributed by atoms with Crippen molar-refractivity contribution in [2.24, 2.45) is 0 Å². The molecule has 1 aromatic carbocycles. The Balaban J connectivity index is 0.00000507. The van der Waals surface area contributed by atoms with Crippen molar-refractivity contribution in [2.75, 3.05) is 33.8 Å². The first kappa shape index (κ1) is 31.6. The molecule has 1 N–H and O–H groups in total. The zero-order valence-electron chi connectivity index (χ0n) is 22.1.